The predicted molar refractivity (Wildman–Crippen MR) is 106 cm³/mol. The van der Waals surface area contributed by atoms with Crippen LogP contribution in [0, 0.1) is 39.2 Å². The minimum atomic E-state index is 0. The van der Waals surface area contributed by atoms with Crippen molar-refractivity contribution in [3.05, 3.63) is 6.92 Å². The van der Waals surface area contributed by atoms with E-state index in [0.29, 0.717) is 0 Å². The van der Waals surface area contributed by atoms with E-state index >= 15 is 0 Å². The van der Waals surface area contributed by atoms with Crippen molar-refractivity contribution in [1.82, 2.24) is 0 Å². The Balaban J connectivity index is -0.00000000445. The summed E-state index contributed by atoms with van der Waals surface area (Å²) in [6.45, 7) is 3.75. The van der Waals surface area contributed by atoms with Gasteiger partial charge in [0, 0.05) is 32.3 Å². The van der Waals surface area contributed by atoms with Gasteiger partial charge in [0.15, 0.2) is 0 Å². The van der Waals surface area contributed by atoms with Crippen LogP contribution < -0.4 is 0 Å². The van der Waals surface area contributed by atoms with Gasteiger partial charge in [-0.15, -0.1) is 0 Å². The van der Waals surface area contributed by atoms with Crippen LogP contribution in [0.3, 0.4) is 0 Å². The summed E-state index contributed by atoms with van der Waals surface area (Å²) in [6, 6.07) is 0. The van der Waals surface area contributed by atoms with Crippen LogP contribution in [0.4, 0.5) is 0 Å². The van der Waals surface area contributed by atoms with Gasteiger partial charge < -0.3 is 6.92 Å². The van der Waals surface area contributed by atoms with Crippen LogP contribution >= 0.6 is 0 Å². The van der Waals surface area contributed by atoms with Crippen LogP contribution in [0.15, 0.2) is 0 Å². The molecule has 0 rings (SSSR count). The first-order chi connectivity index (χ1) is 3.91. The third kappa shape index (κ3) is 149. The van der Waals surface area contributed by atoms with Gasteiger partial charge in [0.05, 0.1) is 7.85 Å². The van der Waals surface area contributed by atoms with Crippen molar-refractivity contribution in [2.24, 2.45) is 0 Å². The molecule has 0 nitrogen and oxygen atoms in total. The molecule has 129 valence electrons. The molecular formula is C17H54BPa-. The van der Waals surface area contributed by atoms with E-state index in [1.54, 1.807) is 0 Å². The Morgan fingerprint density at radius 1 is 0.526 bits per heavy atom. The van der Waals surface area contributed by atoms with Crippen LogP contribution in [0.1, 0.15) is 106 Å². The molecule has 0 saturated heterocycles. The van der Waals surface area contributed by atoms with E-state index in [1.165, 1.54) is 25.7 Å². The van der Waals surface area contributed by atoms with Crippen LogP contribution in [-0.2, 0) is 0 Å². The summed E-state index contributed by atoms with van der Waals surface area (Å²) < 4.78 is 0. The first-order valence-corrected chi connectivity index (χ1v) is 3.41. The maximum absolute atomic E-state index is 5.30. The zero-order valence-electron chi connectivity index (χ0n) is 6.10. The molecule has 0 saturated carbocycles. The molecule has 0 heterocycles. The first kappa shape index (κ1) is 111. The third-order valence-electron chi connectivity index (χ3n) is 1.20. The molecule has 0 bridgehead atoms. The Morgan fingerprint density at radius 2 is 0.789 bits per heavy atom. The van der Waals surface area contributed by atoms with Crippen molar-refractivity contribution in [3.63, 3.8) is 0 Å². The van der Waals surface area contributed by atoms with Crippen LogP contribution in [-0.4, -0.2) is 7.85 Å². The van der Waals surface area contributed by atoms with Gasteiger partial charge in [0.2, 0.25) is 0 Å². The van der Waals surface area contributed by atoms with Gasteiger partial charge in [0.25, 0.3) is 0 Å². The summed E-state index contributed by atoms with van der Waals surface area (Å²) in [6.07, 6.45) is 6.95. The average Bonchev–Trinajstić information content (AvgIpc) is 1.81. The van der Waals surface area contributed by atoms with Gasteiger partial charge in [-0.05, 0) is 0 Å². The second kappa shape index (κ2) is 123. The van der Waals surface area contributed by atoms with Crippen LogP contribution in [0.25, 0.3) is 0 Å². The van der Waals surface area contributed by atoms with E-state index < -0.39 is 0 Å². The molecule has 0 unspecified atom stereocenters. The Labute approximate surface area is 159 Å². The van der Waals surface area contributed by atoms with Crippen molar-refractivity contribution < 1.29 is 32.3 Å². The van der Waals surface area contributed by atoms with Crippen molar-refractivity contribution in [2.75, 3.05) is 0 Å². The molecular weight excluding hydrogens is 446 g/mol. The Hall–Kier alpha value is 1.16. The molecule has 0 aromatic rings. The largest absolute Gasteiger partial charge is 0.343 e. The van der Waals surface area contributed by atoms with Crippen molar-refractivity contribution in [1.29, 1.82) is 0 Å². The molecule has 0 aliphatic carbocycles. The van der Waals surface area contributed by atoms with E-state index in [4.69, 9.17) is 7.85 Å². The minimum absolute atomic E-state index is 0. The molecule has 0 N–H and O–H groups in total. The number of unbranched alkanes of at least 4 members (excludes halogenated alkanes) is 4. The topological polar surface area (TPSA) is 0 Å². The maximum atomic E-state index is 5.30. The fourth-order valence-electron chi connectivity index (χ4n) is 0.675. The van der Waals surface area contributed by atoms with Crippen LogP contribution in [0.2, 0.25) is 6.32 Å². The second-order valence-electron chi connectivity index (χ2n) is 2.06. The van der Waals surface area contributed by atoms with E-state index in [2.05, 4.69) is 6.92 Å². The van der Waals surface area contributed by atoms with Gasteiger partial charge in [-0.3, -0.25) is 0 Å². The molecule has 2 heteroatoms. The number of rotatable bonds is 5. The quantitative estimate of drug-likeness (QED) is 0.201. The minimum Gasteiger partial charge on any atom is -0.343 e. The van der Waals surface area contributed by atoms with E-state index in [0.717, 1.165) is 12.7 Å². The first-order valence-electron chi connectivity index (χ1n) is 3.41. The Kier molecular flexibility index (Phi) is 722. The maximum Gasteiger partial charge on any atom is 0.0653 e. The molecule has 0 aliphatic heterocycles. The molecule has 0 atom stereocenters. The SMILES string of the molecule is C.C.C.C.C.C.C.C.C.C.[B]CCCCCC[CH2-].[Pa]. The molecule has 0 spiro atoms. The van der Waals surface area contributed by atoms with E-state index in [-0.39, 0.29) is 107 Å². The summed E-state index contributed by atoms with van der Waals surface area (Å²) in [5.74, 6) is 0. The molecule has 0 aromatic heterocycles. The van der Waals surface area contributed by atoms with E-state index in [9.17, 15) is 0 Å². The van der Waals surface area contributed by atoms with Crippen LogP contribution in [0.5, 0.6) is 0 Å². The molecule has 0 aliphatic rings. The molecule has 19 heavy (non-hydrogen) atoms. The number of hydrogen-bond acceptors (Lipinski definition) is 0. The zero-order valence-corrected chi connectivity index (χ0v) is 10.9. The normalized spacial score (nSPS) is 4.05. The van der Waals surface area contributed by atoms with Gasteiger partial charge in [-0.1, -0.05) is 106 Å². The summed E-state index contributed by atoms with van der Waals surface area (Å²) in [4.78, 5) is 0. The van der Waals surface area contributed by atoms with Crippen molar-refractivity contribution in [3.8, 4) is 0 Å². The van der Waals surface area contributed by atoms with Gasteiger partial charge in [-0.25, -0.2) is 0 Å². The molecule has 3 radical (unpaired) electrons. The smallest absolute Gasteiger partial charge is 0.0653 e. The van der Waals surface area contributed by atoms with Gasteiger partial charge in [-0.2, -0.15) is 6.42 Å². The predicted octanol–water partition coefficient (Wildman–Crippen LogP) is 8.72. The fourth-order valence-corrected chi connectivity index (χ4v) is 0.675. The number of hydrogen-bond donors (Lipinski definition) is 0. The average molecular weight is 500 g/mol. The second-order valence-corrected chi connectivity index (χ2v) is 2.06. The molecule has 0 amide bonds. The standard InChI is InChI=1S/C7H14B.10CH4.Pa/c1-2-3-4-5-6-7-8;;;;;;;;;;;/h1-7H2;10*1H4;/q-1;;;;;;;;;;;. The Morgan fingerprint density at radius 3 is 1.00 bits per heavy atom. The Bertz CT molecular complexity index is 36.2. The summed E-state index contributed by atoms with van der Waals surface area (Å²) in [7, 11) is 5.30. The monoisotopic (exact) mass is 500 g/mol. The molecule has 0 fully saturated rings. The fraction of sp³-hybridized carbons (Fsp3) is 0.941. The van der Waals surface area contributed by atoms with Gasteiger partial charge in [0.1, 0.15) is 0 Å². The summed E-state index contributed by atoms with van der Waals surface area (Å²) in [5.41, 5.74) is 0. The van der Waals surface area contributed by atoms with Crippen molar-refractivity contribution >= 4 is 7.85 Å². The molecule has 0 aromatic carbocycles. The zero-order chi connectivity index (χ0) is 6.24. The summed E-state index contributed by atoms with van der Waals surface area (Å²) in [5, 5.41) is 0. The summed E-state index contributed by atoms with van der Waals surface area (Å²) >= 11 is 0. The van der Waals surface area contributed by atoms with E-state index in [1.807, 2.05) is 0 Å². The van der Waals surface area contributed by atoms with Gasteiger partial charge >= 0.3 is 0 Å². The van der Waals surface area contributed by atoms with Crippen molar-refractivity contribution in [2.45, 2.75) is 113 Å². The third-order valence-corrected chi connectivity index (χ3v) is 1.20.